The largest absolute Gasteiger partial charge is 0.492 e. The number of H-pyrrole nitrogens is 1. The van der Waals surface area contributed by atoms with Crippen molar-refractivity contribution in [1.29, 1.82) is 0 Å². The minimum absolute atomic E-state index is 0.0356. The molecule has 4 rings (SSSR count). The van der Waals surface area contributed by atoms with Gasteiger partial charge in [0, 0.05) is 44.3 Å². The zero-order valence-corrected chi connectivity index (χ0v) is 18.7. The highest BCUT2D eigenvalue weighted by Crippen LogP contribution is 2.33. The number of ether oxygens (including phenoxy) is 1. The van der Waals surface area contributed by atoms with E-state index in [-0.39, 0.29) is 6.03 Å². The van der Waals surface area contributed by atoms with Crippen molar-refractivity contribution in [1.82, 2.24) is 20.1 Å². The van der Waals surface area contributed by atoms with Gasteiger partial charge in [0.15, 0.2) is 0 Å². The quantitative estimate of drug-likeness (QED) is 0.749. The number of carbonyl (C=O) groups excluding carboxylic acids is 1. The topological polar surface area (TPSA) is 60.6 Å². The van der Waals surface area contributed by atoms with Crippen LogP contribution < -0.4 is 10.1 Å². The lowest BCUT2D eigenvalue weighted by molar-refractivity contribution is 0.192. The predicted octanol–water partition coefficient (Wildman–Crippen LogP) is 4.14. The Balaban J connectivity index is 1.29. The van der Waals surface area contributed by atoms with E-state index in [1.165, 1.54) is 35.9 Å². The molecule has 1 aliphatic heterocycles. The molecule has 2 aromatic rings. The first-order valence-electron chi connectivity index (χ1n) is 11.5. The third-order valence-corrected chi connectivity index (χ3v) is 6.79. The maximum atomic E-state index is 11.8. The molecule has 0 atom stereocenters. The van der Waals surface area contributed by atoms with Crippen LogP contribution in [0.4, 0.5) is 4.79 Å². The Morgan fingerprint density at radius 1 is 1.27 bits per heavy atom. The van der Waals surface area contributed by atoms with Crippen molar-refractivity contribution >= 4 is 16.9 Å². The van der Waals surface area contributed by atoms with Crippen molar-refractivity contribution in [2.24, 2.45) is 5.92 Å². The summed E-state index contributed by atoms with van der Waals surface area (Å²) >= 11 is 0. The summed E-state index contributed by atoms with van der Waals surface area (Å²) in [5.74, 6) is 1.75. The number of carbonyl (C=O) groups is 1. The summed E-state index contributed by atoms with van der Waals surface area (Å²) < 4.78 is 5.82. The number of hydrogen-bond acceptors (Lipinski definition) is 3. The second-order valence-corrected chi connectivity index (χ2v) is 9.07. The normalized spacial score (nSPS) is 22.0. The Morgan fingerprint density at radius 3 is 2.80 bits per heavy atom. The van der Waals surface area contributed by atoms with E-state index in [4.69, 9.17) is 4.74 Å². The van der Waals surface area contributed by atoms with E-state index in [0.717, 1.165) is 56.1 Å². The monoisotopic (exact) mass is 412 g/mol. The van der Waals surface area contributed by atoms with Gasteiger partial charge >= 0.3 is 6.03 Å². The Labute approximate surface area is 179 Å². The molecule has 1 aliphatic carbocycles. The van der Waals surface area contributed by atoms with Gasteiger partial charge in [-0.2, -0.15) is 0 Å². The van der Waals surface area contributed by atoms with Gasteiger partial charge in [0.2, 0.25) is 0 Å². The second kappa shape index (κ2) is 9.29. The van der Waals surface area contributed by atoms with Gasteiger partial charge in [0.05, 0.1) is 12.1 Å². The SMILES string of the molecule is CCOc1cccc2c3c([nH]c12)CN(CCC1CCC(NC(=O)N(C)C)CC1)CC3. The van der Waals surface area contributed by atoms with Crippen molar-refractivity contribution in [2.75, 3.05) is 33.8 Å². The molecular formula is C24H36N4O2. The van der Waals surface area contributed by atoms with Crippen LogP contribution in [0.15, 0.2) is 18.2 Å². The average molecular weight is 413 g/mol. The Hall–Kier alpha value is -2.21. The molecule has 0 saturated heterocycles. The summed E-state index contributed by atoms with van der Waals surface area (Å²) in [6, 6.07) is 6.76. The highest BCUT2D eigenvalue weighted by Gasteiger charge is 2.25. The molecule has 1 aromatic heterocycles. The van der Waals surface area contributed by atoms with Crippen molar-refractivity contribution in [3.63, 3.8) is 0 Å². The summed E-state index contributed by atoms with van der Waals surface area (Å²) in [5.41, 5.74) is 3.99. The van der Waals surface area contributed by atoms with Crippen molar-refractivity contribution in [3.05, 3.63) is 29.5 Å². The van der Waals surface area contributed by atoms with Gasteiger partial charge in [-0.15, -0.1) is 0 Å². The molecule has 1 fully saturated rings. The van der Waals surface area contributed by atoms with Gasteiger partial charge in [-0.25, -0.2) is 4.79 Å². The maximum Gasteiger partial charge on any atom is 0.317 e. The molecule has 30 heavy (non-hydrogen) atoms. The molecule has 6 heteroatoms. The van der Waals surface area contributed by atoms with Crippen LogP contribution in [0, 0.1) is 5.92 Å². The maximum absolute atomic E-state index is 11.8. The van der Waals surface area contributed by atoms with Crippen molar-refractivity contribution in [3.8, 4) is 5.75 Å². The number of amides is 2. The van der Waals surface area contributed by atoms with Crippen LogP contribution >= 0.6 is 0 Å². The third kappa shape index (κ3) is 4.59. The predicted molar refractivity (Wildman–Crippen MR) is 121 cm³/mol. The molecule has 164 valence electrons. The molecule has 0 spiro atoms. The van der Waals surface area contributed by atoms with Crippen LogP contribution in [-0.4, -0.2) is 60.6 Å². The van der Waals surface area contributed by atoms with Crippen LogP contribution in [0.1, 0.15) is 50.3 Å². The first kappa shape index (κ1) is 21.0. The average Bonchev–Trinajstić information content (AvgIpc) is 3.12. The third-order valence-electron chi connectivity index (χ3n) is 6.79. The summed E-state index contributed by atoms with van der Waals surface area (Å²) in [7, 11) is 3.60. The van der Waals surface area contributed by atoms with Gasteiger partial charge < -0.3 is 19.9 Å². The second-order valence-electron chi connectivity index (χ2n) is 9.07. The summed E-state index contributed by atoms with van der Waals surface area (Å²) in [6.45, 7) is 6.02. The van der Waals surface area contributed by atoms with E-state index in [0.29, 0.717) is 12.6 Å². The molecule has 1 saturated carbocycles. The number of fused-ring (bicyclic) bond motifs is 3. The first-order chi connectivity index (χ1) is 14.5. The lowest BCUT2D eigenvalue weighted by Crippen LogP contribution is -2.43. The minimum Gasteiger partial charge on any atom is -0.492 e. The number of hydrogen-bond donors (Lipinski definition) is 2. The van der Waals surface area contributed by atoms with E-state index in [1.807, 2.05) is 6.92 Å². The molecular weight excluding hydrogens is 376 g/mol. The number of urea groups is 1. The fourth-order valence-electron chi connectivity index (χ4n) is 5.02. The van der Waals surface area contributed by atoms with E-state index in [2.05, 4.69) is 33.4 Å². The summed E-state index contributed by atoms with van der Waals surface area (Å²) in [6.07, 6.45) is 7.03. The molecule has 0 unspecified atom stereocenters. The first-order valence-corrected chi connectivity index (χ1v) is 11.5. The number of nitrogens with zero attached hydrogens (tertiary/aromatic N) is 2. The molecule has 0 radical (unpaired) electrons. The van der Waals surface area contributed by atoms with Gasteiger partial charge in [0.25, 0.3) is 0 Å². The number of para-hydroxylation sites is 1. The molecule has 6 nitrogen and oxygen atoms in total. The Morgan fingerprint density at radius 2 is 2.07 bits per heavy atom. The summed E-state index contributed by atoms with van der Waals surface area (Å²) in [4.78, 5) is 19.7. The Kier molecular flexibility index (Phi) is 6.52. The fourth-order valence-corrected chi connectivity index (χ4v) is 5.02. The van der Waals surface area contributed by atoms with E-state index < -0.39 is 0 Å². The zero-order valence-electron chi connectivity index (χ0n) is 18.7. The molecule has 0 bridgehead atoms. The highest BCUT2D eigenvalue weighted by atomic mass is 16.5. The van der Waals surface area contributed by atoms with E-state index in [9.17, 15) is 4.79 Å². The van der Waals surface area contributed by atoms with Crippen LogP contribution in [0.2, 0.25) is 0 Å². The molecule has 2 amide bonds. The number of benzene rings is 1. The van der Waals surface area contributed by atoms with Crippen LogP contribution in [0.3, 0.4) is 0 Å². The number of nitrogens with one attached hydrogen (secondary N) is 2. The standard InChI is InChI=1S/C24H36N4O2/c1-4-30-22-7-5-6-20-19-13-15-28(16-21(19)26-23(20)22)14-12-17-8-10-18(11-9-17)25-24(29)27(2)3/h5-7,17-18,26H,4,8-16H2,1-3H3,(H,25,29). The minimum atomic E-state index is 0.0356. The van der Waals surface area contributed by atoms with Crippen molar-refractivity contribution < 1.29 is 9.53 Å². The molecule has 1 aromatic carbocycles. The van der Waals surface area contributed by atoms with E-state index in [1.54, 1.807) is 19.0 Å². The van der Waals surface area contributed by atoms with Crippen LogP contribution in [-0.2, 0) is 13.0 Å². The fraction of sp³-hybridized carbons (Fsp3) is 0.625. The number of rotatable bonds is 6. The van der Waals surface area contributed by atoms with Gasteiger partial charge in [-0.05, 0) is 69.5 Å². The molecule has 2 aliphatic rings. The summed E-state index contributed by atoms with van der Waals surface area (Å²) in [5, 5.41) is 4.47. The zero-order chi connectivity index (χ0) is 21.1. The molecule has 2 heterocycles. The lowest BCUT2D eigenvalue weighted by atomic mass is 9.84. The van der Waals surface area contributed by atoms with Gasteiger partial charge in [0.1, 0.15) is 5.75 Å². The smallest absolute Gasteiger partial charge is 0.317 e. The highest BCUT2D eigenvalue weighted by molar-refractivity contribution is 5.89. The van der Waals surface area contributed by atoms with E-state index >= 15 is 0 Å². The molecule has 2 N–H and O–H groups in total. The van der Waals surface area contributed by atoms with Crippen molar-refractivity contribution in [2.45, 2.75) is 58.0 Å². The van der Waals surface area contributed by atoms with Crippen LogP contribution in [0.25, 0.3) is 10.9 Å². The van der Waals surface area contributed by atoms with Crippen LogP contribution in [0.5, 0.6) is 5.75 Å². The van der Waals surface area contributed by atoms with Gasteiger partial charge in [-0.1, -0.05) is 12.1 Å². The Bertz CT molecular complexity index is 867. The number of aromatic amines is 1. The van der Waals surface area contributed by atoms with Gasteiger partial charge in [-0.3, -0.25) is 4.90 Å². The number of aromatic nitrogens is 1. The lowest BCUT2D eigenvalue weighted by Gasteiger charge is -2.32.